The molecule has 2 heterocycles. The van der Waals surface area contributed by atoms with Gasteiger partial charge in [-0.1, -0.05) is 0 Å². The van der Waals surface area contributed by atoms with E-state index in [1.54, 1.807) is 26.1 Å². The fourth-order valence-corrected chi connectivity index (χ4v) is 1.82. The minimum absolute atomic E-state index is 0.177. The normalized spacial score (nSPS) is 10.4. The highest BCUT2D eigenvalue weighted by molar-refractivity contribution is 5.89. The lowest BCUT2D eigenvalue weighted by atomic mass is 10.1. The molecular weight excluding hydrogens is 246 g/mol. The van der Waals surface area contributed by atoms with Crippen molar-refractivity contribution in [2.75, 3.05) is 5.32 Å². The van der Waals surface area contributed by atoms with Gasteiger partial charge in [0.2, 0.25) is 5.91 Å². The molecular formula is C12H15N5O2. The molecule has 100 valence electrons. The summed E-state index contributed by atoms with van der Waals surface area (Å²) in [5.74, 6) is 0.939. The van der Waals surface area contributed by atoms with Crippen molar-refractivity contribution in [1.82, 2.24) is 20.2 Å². The van der Waals surface area contributed by atoms with Crippen molar-refractivity contribution in [1.29, 1.82) is 0 Å². The molecule has 0 atom stereocenters. The van der Waals surface area contributed by atoms with Gasteiger partial charge in [-0.2, -0.15) is 5.10 Å². The first-order valence-corrected chi connectivity index (χ1v) is 5.92. The van der Waals surface area contributed by atoms with Crippen LogP contribution in [-0.2, 0) is 11.2 Å². The maximum atomic E-state index is 11.7. The number of hydrogen-bond acceptors (Lipinski definition) is 4. The molecule has 0 aliphatic heterocycles. The molecule has 0 fully saturated rings. The predicted molar refractivity (Wildman–Crippen MR) is 69.9 cm³/mol. The lowest BCUT2D eigenvalue weighted by molar-refractivity contribution is -0.116. The van der Waals surface area contributed by atoms with E-state index in [9.17, 15) is 9.59 Å². The fourth-order valence-electron chi connectivity index (χ4n) is 1.82. The number of carbonyl (C=O) groups is 1. The van der Waals surface area contributed by atoms with Gasteiger partial charge in [-0.25, -0.2) is 4.98 Å². The standard InChI is InChI=1S/C12H15N5O2/c1-7-9(12(19)15-8(2)14-7)3-4-11(18)16-10-5-6-13-17-10/h5-6H,3-4H2,1-2H3,(H,14,15,19)(H2,13,16,17,18). The minimum Gasteiger partial charge on any atom is -0.311 e. The number of aryl methyl sites for hydroxylation is 2. The third-order valence-corrected chi connectivity index (χ3v) is 2.72. The van der Waals surface area contributed by atoms with Crippen LogP contribution in [0.15, 0.2) is 17.1 Å². The van der Waals surface area contributed by atoms with Gasteiger partial charge in [0.15, 0.2) is 0 Å². The molecule has 0 aliphatic rings. The smallest absolute Gasteiger partial charge is 0.254 e. The second-order valence-corrected chi connectivity index (χ2v) is 4.23. The minimum atomic E-state index is -0.181. The Labute approximate surface area is 109 Å². The van der Waals surface area contributed by atoms with Crippen LogP contribution in [0.2, 0.25) is 0 Å². The summed E-state index contributed by atoms with van der Waals surface area (Å²) in [6.45, 7) is 3.49. The van der Waals surface area contributed by atoms with E-state index in [0.717, 1.165) is 0 Å². The summed E-state index contributed by atoms with van der Waals surface area (Å²) in [4.78, 5) is 30.2. The number of rotatable bonds is 4. The van der Waals surface area contributed by atoms with Gasteiger partial charge in [0.1, 0.15) is 11.6 Å². The third kappa shape index (κ3) is 3.27. The second kappa shape index (κ2) is 5.47. The first-order valence-electron chi connectivity index (χ1n) is 5.92. The first kappa shape index (κ1) is 13.0. The van der Waals surface area contributed by atoms with Gasteiger partial charge >= 0.3 is 0 Å². The Balaban J connectivity index is 1.99. The van der Waals surface area contributed by atoms with Crippen molar-refractivity contribution >= 4 is 11.7 Å². The van der Waals surface area contributed by atoms with Crippen LogP contribution >= 0.6 is 0 Å². The summed E-state index contributed by atoms with van der Waals surface area (Å²) >= 11 is 0. The van der Waals surface area contributed by atoms with E-state index >= 15 is 0 Å². The molecule has 0 saturated heterocycles. The fraction of sp³-hybridized carbons (Fsp3) is 0.333. The van der Waals surface area contributed by atoms with E-state index in [2.05, 4.69) is 25.5 Å². The molecule has 1 amide bonds. The predicted octanol–water partition coefficient (Wildman–Crippen LogP) is 0.681. The topological polar surface area (TPSA) is 104 Å². The number of nitrogens with one attached hydrogen (secondary N) is 3. The summed E-state index contributed by atoms with van der Waals surface area (Å²) in [7, 11) is 0. The van der Waals surface area contributed by atoms with Crippen LogP contribution < -0.4 is 10.9 Å². The van der Waals surface area contributed by atoms with Crippen molar-refractivity contribution in [2.45, 2.75) is 26.7 Å². The maximum Gasteiger partial charge on any atom is 0.254 e. The van der Waals surface area contributed by atoms with Gasteiger partial charge in [-0.05, 0) is 20.3 Å². The average molecular weight is 261 g/mol. The quantitative estimate of drug-likeness (QED) is 0.752. The van der Waals surface area contributed by atoms with E-state index in [-0.39, 0.29) is 17.9 Å². The maximum absolute atomic E-state index is 11.7. The summed E-state index contributed by atoms with van der Waals surface area (Å²) in [6, 6.07) is 1.66. The van der Waals surface area contributed by atoms with Crippen LogP contribution in [0.5, 0.6) is 0 Å². The van der Waals surface area contributed by atoms with Crippen LogP contribution in [-0.4, -0.2) is 26.1 Å². The highest BCUT2D eigenvalue weighted by Gasteiger charge is 2.10. The molecule has 0 spiro atoms. The van der Waals surface area contributed by atoms with E-state index in [1.807, 2.05) is 0 Å². The number of hydrogen-bond donors (Lipinski definition) is 3. The molecule has 3 N–H and O–H groups in total. The molecule has 0 unspecified atom stereocenters. The van der Waals surface area contributed by atoms with Gasteiger partial charge in [0, 0.05) is 23.7 Å². The van der Waals surface area contributed by atoms with E-state index in [1.165, 1.54) is 0 Å². The Hall–Kier alpha value is -2.44. The summed E-state index contributed by atoms with van der Waals surface area (Å²) in [5.41, 5.74) is 1.03. The second-order valence-electron chi connectivity index (χ2n) is 4.23. The van der Waals surface area contributed by atoms with Gasteiger partial charge < -0.3 is 10.3 Å². The van der Waals surface area contributed by atoms with Crippen molar-refractivity contribution in [3.8, 4) is 0 Å². The van der Waals surface area contributed by atoms with E-state index in [4.69, 9.17) is 0 Å². The van der Waals surface area contributed by atoms with Crippen molar-refractivity contribution in [3.05, 3.63) is 39.7 Å². The Morgan fingerprint density at radius 2 is 2.21 bits per heavy atom. The number of aromatic nitrogens is 4. The molecule has 0 radical (unpaired) electrons. The Morgan fingerprint density at radius 1 is 1.42 bits per heavy atom. The monoisotopic (exact) mass is 261 g/mol. The number of anilines is 1. The van der Waals surface area contributed by atoms with Gasteiger partial charge in [-0.3, -0.25) is 14.7 Å². The molecule has 7 heteroatoms. The highest BCUT2D eigenvalue weighted by Crippen LogP contribution is 2.05. The molecule has 2 aromatic heterocycles. The van der Waals surface area contributed by atoms with Gasteiger partial charge in [0.05, 0.1) is 6.20 Å². The van der Waals surface area contributed by atoms with Crippen LogP contribution in [0.25, 0.3) is 0 Å². The molecule has 7 nitrogen and oxygen atoms in total. The summed E-state index contributed by atoms with van der Waals surface area (Å²) in [6.07, 6.45) is 2.12. The third-order valence-electron chi connectivity index (χ3n) is 2.72. The molecule has 0 aromatic carbocycles. The number of H-pyrrole nitrogens is 2. The Kier molecular flexibility index (Phi) is 3.74. The van der Waals surface area contributed by atoms with Crippen LogP contribution in [0.3, 0.4) is 0 Å². The Bertz CT molecular complexity index is 630. The SMILES string of the molecule is Cc1nc(C)c(CCC(=O)Nc2ccn[nH]2)c(=O)[nH]1. The molecule has 19 heavy (non-hydrogen) atoms. The summed E-state index contributed by atoms with van der Waals surface area (Å²) in [5, 5.41) is 9.01. The van der Waals surface area contributed by atoms with Crippen LogP contribution in [0, 0.1) is 13.8 Å². The molecule has 0 bridgehead atoms. The lowest BCUT2D eigenvalue weighted by Gasteiger charge is -2.05. The number of nitrogens with zero attached hydrogens (tertiary/aromatic N) is 2. The Morgan fingerprint density at radius 3 is 2.84 bits per heavy atom. The van der Waals surface area contributed by atoms with E-state index in [0.29, 0.717) is 29.3 Å². The van der Waals surface area contributed by atoms with E-state index < -0.39 is 0 Å². The van der Waals surface area contributed by atoms with Gasteiger partial charge in [0.25, 0.3) is 5.56 Å². The zero-order valence-corrected chi connectivity index (χ0v) is 10.8. The zero-order chi connectivity index (χ0) is 13.8. The van der Waals surface area contributed by atoms with Gasteiger partial charge in [-0.15, -0.1) is 0 Å². The molecule has 0 saturated carbocycles. The van der Waals surface area contributed by atoms with Crippen molar-refractivity contribution in [3.63, 3.8) is 0 Å². The highest BCUT2D eigenvalue weighted by atomic mass is 16.1. The lowest BCUT2D eigenvalue weighted by Crippen LogP contribution is -2.20. The van der Waals surface area contributed by atoms with Crippen molar-refractivity contribution < 1.29 is 4.79 Å². The number of amides is 1. The average Bonchev–Trinajstić information content (AvgIpc) is 2.80. The van der Waals surface area contributed by atoms with Crippen LogP contribution in [0.4, 0.5) is 5.82 Å². The molecule has 0 aliphatic carbocycles. The zero-order valence-electron chi connectivity index (χ0n) is 10.8. The number of carbonyl (C=O) groups excluding carboxylic acids is 1. The summed E-state index contributed by atoms with van der Waals surface area (Å²) < 4.78 is 0. The van der Waals surface area contributed by atoms with Crippen molar-refractivity contribution in [2.24, 2.45) is 0 Å². The largest absolute Gasteiger partial charge is 0.311 e. The molecule has 2 aromatic rings. The number of aromatic amines is 2. The first-order chi connectivity index (χ1) is 9.06. The van der Waals surface area contributed by atoms with Crippen LogP contribution in [0.1, 0.15) is 23.5 Å². The molecule has 2 rings (SSSR count).